The fraction of sp³-hybridized carbons (Fsp3) is 0.333. The summed E-state index contributed by atoms with van der Waals surface area (Å²) in [4.78, 5) is 33.4. The Hall–Kier alpha value is -3.22. The van der Waals surface area contributed by atoms with Gasteiger partial charge in [-0.1, -0.05) is 6.07 Å². The van der Waals surface area contributed by atoms with E-state index in [0.29, 0.717) is 24.4 Å². The van der Waals surface area contributed by atoms with Crippen molar-refractivity contribution in [3.05, 3.63) is 58.5 Å². The molecular formula is C21H23N5O2. The van der Waals surface area contributed by atoms with E-state index < -0.39 is 0 Å². The molecular weight excluding hydrogens is 354 g/mol. The Morgan fingerprint density at radius 2 is 1.68 bits per heavy atom. The summed E-state index contributed by atoms with van der Waals surface area (Å²) in [6, 6.07) is 9.68. The van der Waals surface area contributed by atoms with Gasteiger partial charge in [0.25, 0.3) is 5.91 Å². The number of nitrogens with zero attached hydrogens (tertiary/aromatic N) is 5. The van der Waals surface area contributed by atoms with Crippen LogP contribution in [0.2, 0.25) is 0 Å². The molecule has 0 bridgehead atoms. The molecule has 3 heterocycles. The summed E-state index contributed by atoms with van der Waals surface area (Å²) < 4.78 is 1.66. The van der Waals surface area contributed by atoms with Crippen LogP contribution < -0.4 is 4.90 Å². The molecule has 2 amide bonds. The Labute approximate surface area is 163 Å². The molecule has 0 aliphatic carbocycles. The third-order valence-corrected chi connectivity index (χ3v) is 4.98. The zero-order valence-corrected chi connectivity index (χ0v) is 16.6. The summed E-state index contributed by atoms with van der Waals surface area (Å²) in [7, 11) is 0. The van der Waals surface area contributed by atoms with Crippen molar-refractivity contribution in [2.45, 2.75) is 27.7 Å². The molecule has 1 aliphatic heterocycles. The molecule has 1 saturated heterocycles. The molecule has 144 valence electrons. The number of amides is 2. The van der Waals surface area contributed by atoms with Crippen molar-refractivity contribution < 1.29 is 9.59 Å². The smallest absolute Gasteiger partial charge is 0.274 e. The van der Waals surface area contributed by atoms with Gasteiger partial charge < -0.3 is 9.80 Å². The molecule has 0 atom stereocenters. The van der Waals surface area contributed by atoms with Crippen molar-refractivity contribution in [3.63, 3.8) is 0 Å². The van der Waals surface area contributed by atoms with Crippen molar-refractivity contribution in [3.8, 4) is 0 Å². The summed E-state index contributed by atoms with van der Waals surface area (Å²) >= 11 is 0. The number of aromatic nitrogens is 3. The van der Waals surface area contributed by atoms with Gasteiger partial charge in [0.1, 0.15) is 6.54 Å². The predicted octanol–water partition coefficient (Wildman–Crippen LogP) is 2.45. The molecule has 1 fully saturated rings. The number of hydrogen-bond donors (Lipinski definition) is 0. The van der Waals surface area contributed by atoms with Gasteiger partial charge in [0.05, 0.1) is 0 Å². The maximum atomic E-state index is 12.9. The summed E-state index contributed by atoms with van der Waals surface area (Å²) in [5.74, 6) is -0.325. The fourth-order valence-corrected chi connectivity index (χ4v) is 3.78. The first-order chi connectivity index (χ1) is 13.3. The Bertz CT molecular complexity index is 1080. The number of benzene rings is 1. The minimum atomic E-state index is -0.240. The molecule has 0 unspecified atom stereocenters. The number of carbonyl (C=O) groups excluding carboxylic acids is 2. The van der Waals surface area contributed by atoms with E-state index >= 15 is 0 Å². The first kappa shape index (κ1) is 18.2. The van der Waals surface area contributed by atoms with Crippen LogP contribution in [0, 0.1) is 27.7 Å². The lowest BCUT2D eigenvalue weighted by Gasteiger charge is -2.34. The van der Waals surface area contributed by atoms with Crippen molar-refractivity contribution in [1.82, 2.24) is 19.5 Å². The van der Waals surface area contributed by atoms with Gasteiger partial charge in [-0.15, -0.1) is 0 Å². The Morgan fingerprint density at radius 1 is 0.964 bits per heavy atom. The second-order valence-corrected chi connectivity index (χ2v) is 7.46. The number of fused-ring (bicyclic) bond motifs is 1. The topological polar surface area (TPSA) is 70.8 Å². The van der Waals surface area contributed by atoms with Crippen LogP contribution in [0.1, 0.15) is 33.0 Å². The van der Waals surface area contributed by atoms with E-state index in [2.05, 4.69) is 16.1 Å². The molecule has 1 aliphatic rings. The lowest BCUT2D eigenvalue weighted by molar-refractivity contribution is -0.120. The van der Waals surface area contributed by atoms with Crippen LogP contribution in [0.4, 0.5) is 5.69 Å². The van der Waals surface area contributed by atoms with Gasteiger partial charge in [-0.3, -0.25) is 9.59 Å². The number of anilines is 1. The van der Waals surface area contributed by atoms with Crippen LogP contribution in [0.25, 0.3) is 5.65 Å². The van der Waals surface area contributed by atoms with E-state index in [4.69, 9.17) is 0 Å². The first-order valence-electron chi connectivity index (χ1n) is 9.34. The average molecular weight is 377 g/mol. The second-order valence-electron chi connectivity index (χ2n) is 7.46. The number of piperazine rings is 1. The zero-order chi connectivity index (χ0) is 20.0. The Morgan fingerprint density at radius 3 is 2.36 bits per heavy atom. The van der Waals surface area contributed by atoms with E-state index in [1.54, 1.807) is 20.4 Å². The number of rotatable bonds is 2. The predicted molar refractivity (Wildman–Crippen MR) is 107 cm³/mol. The molecule has 7 nitrogen and oxygen atoms in total. The monoisotopic (exact) mass is 377 g/mol. The summed E-state index contributed by atoms with van der Waals surface area (Å²) in [6.07, 6.45) is 0. The highest BCUT2D eigenvalue weighted by molar-refractivity contribution is 6.01. The molecule has 1 aromatic carbocycles. The van der Waals surface area contributed by atoms with Gasteiger partial charge in [0.2, 0.25) is 5.91 Å². The van der Waals surface area contributed by atoms with Crippen molar-refractivity contribution >= 4 is 23.1 Å². The molecule has 3 aromatic rings. The van der Waals surface area contributed by atoms with Crippen LogP contribution in [0.15, 0.2) is 30.3 Å². The summed E-state index contributed by atoms with van der Waals surface area (Å²) in [5, 5.41) is 4.39. The maximum Gasteiger partial charge on any atom is 0.274 e. The quantitative estimate of drug-likeness (QED) is 0.688. The normalized spacial score (nSPS) is 14.8. The fourth-order valence-electron chi connectivity index (χ4n) is 3.78. The van der Waals surface area contributed by atoms with Gasteiger partial charge >= 0.3 is 0 Å². The third kappa shape index (κ3) is 3.24. The lowest BCUT2D eigenvalue weighted by Crippen LogP contribution is -2.52. The van der Waals surface area contributed by atoms with Crippen LogP contribution in [-0.2, 0) is 4.79 Å². The van der Waals surface area contributed by atoms with Crippen LogP contribution in [0.3, 0.4) is 0 Å². The summed E-state index contributed by atoms with van der Waals surface area (Å²) in [5.41, 5.74) is 5.86. The average Bonchev–Trinajstić information content (AvgIpc) is 3.04. The maximum absolute atomic E-state index is 12.9. The van der Waals surface area contributed by atoms with Gasteiger partial charge in [0, 0.05) is 36.2 Å². The minimum absolute atomic E-state index is 0.0468. The highest BCUT2D eigenvalue weighted by atomic mass is 16.2. The molecule has 0 spiro atoms. The molecule has 28 heavy (non-hydrogen) atoms. The molecule has 0 saturated carbocycles. The van der Waals surface area contributed by atoms with Crippen molar-refractivity contribution in [2.75, 3.05) is 24.5 Å². The van der Waals surface area contributed by atoms with E-state index in [9.17, 15) is 9.59 Å². The van der Waals surface area contributed by atoms with Gasteiger partial charge in [-0.25, -0.2) is 9.50 Å². The van der Waals surface area contributed by atoms with E-state index in [1.807, 2.05) is 45.9 Å². The van der Waals surface area contributed by atoms with E-state index in [-0.39, 0.29) is 18.4 Å². The van der Waals surface area contributed by atoms with E-state index in [1.165, 1.54) is 0 Å². The second kappa shape index (κ2) is 6.74. The number of carbonyl (C=O) groups is 2. The zero-order valence-electron chi connectivity index (χ0n) is 16.6. The first-order valence-corrected chi connectivity index (χ1v) is 9.34. The third-order valence-electron chi connectivity index (χ3n) is 4.98. The van der Waals surface area contributed by atoms with Crippen LogP contribution in [0.5, 0.6) is 0 Å². The number of hydrogen-bond acceptors (Lipinski definition) is 4. The molecule has 0 N–H and O–H groups in total. The summed E-state index contributed by atoms with van der Waals surface area (Å²) in [6.45, 7) is 8.85. The Balaban J connectivity index is 1.55. The van der Waals surface area contributed by atoms with Crippen LogP contribution in [-0.4, -0.2) is 50.9 Å². The molecule has 7 heteroatoms. The van der Waals surface area contributed by atoms with Crippen LogP contribution >= 0.6 is 0 Å². The SMILES string of the molecule is Cc1cc(C)cc(N2CCN(C(=O)c3cc4nc(C)cc(C)n4n3)CC2=O)c1. The van der Waals surface area contributed by atoms with E-state index in [0.717, 1.165) is 28.2 Å². The highest BCUT2D eigenvalue weighted by Crippen LogP contribution is 2.22. The molecule has 0 radical (unpaired) electrons. The Kier molecular flexibility index (Phi) is 4.37. The number of aryl methyl sites for hydroxylation is 4. The van der Waals surface area contributed by atoms with Crippen molar-refractivity contribution in [1.29, 1.82) is 0 Å². The minimum Gasteiger partial charge on any atom is -0.326 e. The largest absolute Gasteiger partial charge is 0.326 e. The standard InChI is InChI=1S/C21H23N5O2/c1-13-7-14(2)9-17(8-13)25-6-5-24(12-20(25)27)21(28)18-11-19-22-15(3)10-16(4)26(19)23-18/h7-11H,5-6,12H2,1-4H3. The van der Waals surface area contributed by atoms with Crippen molar-refractivity contribution in [2.24, 2.45) is 0 Å². The van der Waals surface area contributed by atoms with Gasteiger partial charge in [-0.05, 0) is 57.0 Å². The molecule has 4 rings (SSSR count). The van der Waals surface area contributed by atoms with Gasteiger partial charge in [-0.2, -0.15) is 5.10 Å². The molecule has 2 aromatic heterocycles. The lowest BCUT2D eigenvalue weighted by atomic mass is 10.1. The highest BCUT2D eigenvalue weighted by Gasteiger charge is 2.30. The van der Waals surface area contributed by atoms with Gasteiger partial charge in [0.15, 0.2) is 11.3 Å².